The monoisotopic (exact) mass is 123 g/mol. The Morgan fingerprint density at radius 1 is 1.22 bits per heavy atom. The van der Waals surface area contributed by atoms with Gasteiger partial charge in [-0.05, 0) is 24.1 Å². The molecule has 9 heavy (non-hydrogen) atoms. The van der Waals surface area contributed by atoms with Crippen LogP contribution in [-0.4, -0.2) is 0 Å². The molecule has 48 valence electrons. The van der Waals surface area contributed by atoms with E-state index in [-0.39, 0.29) is 5.82 Å². The van der Waals surface area contributed by atoms with E-state index in [9.17, 15) is 4.39 Å². The van der Waals surface area contributed by atoms with Crippen LogP contribution in [0.25, 0.3) is 0 Å². The molecule has 0 radical (unpaired) electrons. The number of halogens is 1. The lowest BCUT2D eigenvalue weighted by molar-refractivity contribution is 0.627. The highest BCUT2D eigenvalue weighted by Crippen LogP contribution is 2.01. The summed E-state index contributed by atoms with van der Waals surface area (Å²) in [6.45, 7) is 2.05. The van der Waals surface area contributed by atoms with Gasteiger partial charge in [-0.2, -0.15) is 0 Å². The minimum absolute atomic E-state index is 0.160. The molecule has 0 saturated carbocycles. The van der Waals surface area contributed by atoms with Crippen molar-refractivity contribution in [3.8, 4) is 0 Å². The third-order valence-corrected chi connectivity index (χ3v) is 1.32. The van der Waals surface area contributed by atoms with Crippen LogP contribution < -0.4 is 0 Å². The second kappa shape index (κ2) is 2.62. The highest BCUT2D eigenvalue weighted by molar-refractivity contribution is 5.15. The van der Waals surface area contributed by atoms with Crippen LogP contribution in [0.5, 0.6) is 0 Å². The lowest BCUT2D eigenvalue weighted by Gasteiger charge is -1.92. The van der Waals surface area contributed by atoms with Gasteiger partial charge in [0.15, 0.2) is 0 Å². The molecule has 1 aromatic carbocycles. The minimum Gasteiger partial charge on any atom is -0.207 e. The second-order valence-corrected chi connectivity index (χ2v) is 1.98. The predicted molar refractivity (Wildman–Crippen MR) is 35.8 cm³/mol. The van der Waals surface area contributed by atoms with Gasteiger partial charge in [0.25, 0.3) is 0 Å². The Labute approximate surface area is 54.3 Å². The van der Waals surface area contributed by atoms with Gasteiger partial charge in [0.05, 0.1) is 0 Å². The van der Waals surface area contributed by atoms with Crippen molar-refractivity contribution in [1.82, 2.24) is 0 Å². The maximum atomic E-state index is 12.2. The van der Waals surface area contributed by atoms with Gasteiger partial charge in [-0.3, -0.25) is 0 Å². The van der Waals surface area contributed by atoms with E-state index in [1.807, 2.05) is 6.92 Å². The molecular weight excluding hydrogens is 114 g/mol. The number of hydrogen-bond acceptors (Lipinski definition) is 0. The zero-order chi connectivity index (χ0) is 6.69. The summed E-state index contributed by atoms with van der Waals surface area (Å²) in [6, 6.07) is 6.57. The summed E-state index contributed by atoms with van der Waals surface area (Å²) < 4.78 is 12.2. The van der Waals surface area contributed by atoms with E-state index in [1.165, 1.54) is 17.7 Å². The van der Waals surface area contributed by atoms with Crippen LogP contribution in [0.3, 0.4) is 0 Å². The van der Waals surface area contributed by atoms with Crippen molar-refractivity contribution in [3.05, 3.63) is 35.6 Å². The zero-order valence-corrected chi connectivity index (χ0v) is 5.39. The lowest BCUT2D eigenvalue weighted by atomic mass is 10.2. The summed E-state index contributed by atoms with van der Waals surface area (Å²) in [5.74, 6) is -0.160. The number of hydrogen-bond donors (Lipinski definition) is 0. The summed E-state index contributed by atoms with van der Waals surface area (Å²) in [6.07, 6.45) is 0.972. The fraction of sp³-hybridized carbons (Fsp3) is 0.250. The van der Waals surface area contributed by atoms with Crippen LogP contribution in [0.2, 0.25) is 0 Å². The molecular formula is C8H9F. The molecule has 0 nitrogen and oxygen atoms in total. The maximum Gasteiger partial charge on any atom is 0.123 e. The molecule has 0 aromatic heterocycles. The second-order valence-electron chi connectivity index (χ2n) is 1.98. The van der Waals surface area contributed by atoms with Crippen molar-refractivity contribution in [2.45, 2.75) is 13.3 Å². The smallest absolute Gasteiger partial charge is 0.123 e. The Morgan fingerprint density at radius 3 is 2.22 bits per heavy atom. The molecule has 0 saturated heterocycles. The summed E-state index contributed by atoms with van der Waals surface area (Å²) in [5, 5.41) is 0. The van der Waals surface area contributed by atoms with Crippen LogP contribution in [0.4, 0.5) is 4.39 Å². The molecule has 0 aliphatic carbocycles. The van der Waals surface area contributed by atoms with E-state index in [0.717, 1.165) is 6.42 Å². The van der Waals surface area contributed by atoms with E-state index in [0.29, 0.717) is 0 Å². The van der Waals surface area contributed by atoms with Crippen LogP contribution in [-0.2, 0) is 6.42 Å². The maximum absolute atomic E-state index is 12.2. The predicted octanol–water partition coefficient (Wildman–Crippen LogP) is 2.39. The summed E-state index contributed by atoms with van der Waals surface area (Å²) >= 11 is 0. The first-order valence-corrected chi connectivity index (χ1v) is 3.07. The molecule has 0 amide bonds. The molecule has 0 aliphatic heterocycles. The van der Waals surface area contributed by atoms with Crippen molar-refractivity contribution >= 4 is 0 Å². The first kappa shape index (κ1) is 6.27. The molecule has 0 bridgehead atoms. The molecule has 1 rings (SSSR count). The highest BCUT2D eigenvalue weighted by Gasteiger charge is 1.87. The third kappa shape index (κ3) is 1.53. The lowest BCUT2D eigenvalue weighted by Crippen LogP contribution is -1.78. The van der Waals surface area contributed by atoms with Gasteiger partial charge in [0, 0.05) is 0 Å². The van der Waals surface area contributed by atoms with Gasteiger partial charge in [0.1, 0.15) is 5.82 Å². The van der Waals surface area contributed by atoms with E-state index in [4.69, 9.17) is 0 Å². The van der Waals surface area contributed by atoms with Crippen molar-refractivity contribution in [2.75, 3.05) is 0 Å². The van der Waals surface area contributed by atoms with Crippen LogP contribution >= 0.6 is 0 Å². The molecule has 0 heterocycles. The largest absolute Gasteiger partial charge is 0.207 e. The number of rotatable bonds is 1. The SMILES string of the molecule is CCc1ccc([18F])cc1. The van der Waals surface area contributed by atoms with Gasteiger partial charge >= 0.3 is 0 Å². The van der Waals surface area contributed by atoms with Gasteiger partial charge < -0.3 is 0 Å². The Kier molecular flexibility index (Phi) is 1.83. The first-order valence-electron chi connectivity index (χ1n) is 3.07. The van der Waals surface area contributed by atoms with Crippen molar-refractivity contribution < 1.29 is 4.39 Å². The highest BCUT2D eigenvalue weighted by atomic mass is 18.2. The normalized spacial score (nSPS) is 9.56. The van der Waals surface area contributed by atoms with Gasteiger partial charge in [-0.15, -0.1) is 0 Å². The van der Waals surface area contributed by atoms with Crippen LogP contribution in [0.1, 0.15) is 12.5 Å². The average molecular weight is 123 g/mol. The van der Waals surface area contributed by atoms with Crippen molar-refractivity contribution in [2.24, 2.45) is 0 Å². The van der Waals surface area contributed by atoms with E-state index >= 15 is 0 Å². The van der Waals surface area contributed by atoms with Crippen molar-refractivity contribution in [3.63, 3.8) is 0 Å². The fourth-order valence-electron chi connectivity index (χ4n) is 0.720. The number of benzene rings is 1. The fourth-order valence-corrected chi connectivity index (χ4v) is 0.720. The summed E-state index contributed by atoms with van der Waals surface area (Å²) in [4.78, 5) is 0. The first-order chi connectivity index (χ1) is 4.33. The van der Waals surface area contributed by atoms with Crippen LogP contribution in [0, 0.1) is 5.82 Å². The topological polar surface area (TPSA) is 0 Å². The Bertz CT molecular complexity index is 176. The van der Waals surface area contributed by atoms with Crippen LogP contribution in [0.15, 0.2) is 24.3 Å². The van der Waals surface area contributed by atoms with E-state index in [1.54, 1.807) is 12.1 Å². The average Bonchev–Trinajstić information content (AvgIpc) is 1.90. The van der Waals surface area contributed by atoms with Gasteiger partial charge in [-0.25, -0.2) is 4.39 Å². The van der Waals surface area contributed by atoms with Gasteiger partial charge in [0.2, 0.25) is 0 Å². The standard InChI is InChI=1S/C8H9F/c1-2-7-3-5-8(9)6-4-7/h3-6H,2H2,1H3/i9-1. The molecule has 1 heteroatoms. The van der Waals surface area contributed by atoms with Gasteiger partial charge in [-0.1, -0.05) is 19.1 Å². The summed E-state index contributed by atoms with van der Waals surface area (Å²) in [5.41, 5.74) is 1.18. The van der Waals surface area contributed by atoms with Crippen molar-refractivity contribution in [1.29, 1.82) is 0 Å². The minimum atomic E-state index is -0.160. The molecule has 0 atom stereocenters. The molecule has 0 fully saturated rings. The zero-order valence-electron chi connectivity index (χ0n) is 5.39. The molecule has 0 aliphatic rings. The Hall–Kier alpha value is -0.850. The molecule has 1 aromatic rings. The molecule has 0 unspecified atom stereocenters. The summed E-state index contributed by atoms with van der Waals surface area (Å²) in [7, 11) is 0. The molecule has 0 spiro atoms. The Balaban J connectivity index is 2.88. The number of aryl methyl sites for hydroxylation is 1. The quantitative estimate of drug-likeness (QED) is 0.538. The molecule has 0 N–H and O–H groups in total. The van der Waals surface area contributed by atoms with E-state index < -0.39 is 0 Å². The third-order valence-electron chi connectivity index (χ3n) is 1.32. The van der Waals surface area contributed by atoms with E-state index in [2.05, 4.69) is 0 Å². The Morgan fingerprint density at radius 2 is 1.78 bits per heavy atom.